The van der Waals surface area contributed by atoms with Crippen LogP contribution in [-0.4, -0.2) is 0 Å². The van der Waals surface area contributed by atoms with E-state index in [9.17, 15) is 8.78 Å². The molecular weight excluding hydrogens is 314 g/mol. The number of fused-ring (bicyclic) bond motifs is 3. The topological polar surface area (TPSA) is 0 Å². The highest BCUT2D eigenvalue weighted by molar-refractivity contribution is 5.88. The van der Waals surface area contributed by atoms with Crippen molar-refractivity contribution < 1.29 is 8.78 Å². The van der Waals surface area contributed by atoms with E-state index in [2.05, 4.69) is 13.0 Å². The van der Waals surface area contributed by atoms with Crippen molar-refractivity contribution >= 4 is 10.8 Å². The molecule has 0 fully saturated rings. The molecule has 3 aromatic carbocycles. The fourth-order valence-corrected chi connectivity index (χ4v) is 4.52. The number of aryl methyl sites for hydroxylation is 1. The highest BCUT2D eigenvalue weighted by atomic mass is 19.1. The van der Waals surface area contributed by atoms with E-state index in [1.54, 1.807) is 18.2 Å². The minimum Gasteiger partial charge on any atom is -0.207 e. The van der Waals surface area contributed by atoms with Gasteiger partial charge in [-0.1, -0.05) is 49.7 Å². The molecular formula is C23H22F2. The first kappa shape index (κ1) is 16.3. The van der Waals surface area contributed by atoms with Gasteiger partial charge in [0.25, 0.3) is 0 Å². The summed E-state index contributed by atoms with van der Waals surface area (Å²) in [6.45, 7) is 2.22. The molecule has 0 saturated carbocycles. The summed E-state index contributed by atoms with van der Waals surface area (Å²) in [5.74, 6) is 0.452. The van der Waals surface area contributed by atoms with Crippen LogP contribution in [0, 0.1) is 17.6 Å². The van der Waals surface area contributed by atoms with Crippen molar-refractivity contribution in [2.75, 3.05) is 0 Å². The summed E-state index contributed by atoms with van der Waals surface area (Å²) in [6, 6.07) is 16.3. The molecule has 4 rings (SSSR count). The van der Waals surface area contributed by atoms with Gasteiger partial charge in [-0.05, 0) is 65.5 Å². The van der Waals surface area contributed by atoms with Gasteiger partial charge in [-0.25, -0.2) is 8.78 Å². The number of hydrogen-bond donors (Lipinski definition) is 0. The molecule has 0 saturated heterocycles. The standard InChI is InChI=1S/C23H22F2/c1-2-4-15-9-12-19-18-5-3-6-22(25)20(18)13-14-21(19)23(15)16-7-10-17(24)11-8-16/h3,5-8,10-11,13-15,23H,2,4,9,12H2,1H3/t15-,23-/m1/s1. The fourth-order valence-electron chi connectivity index (χ4n) is 4.52. The average molecular weight is 336 g/mol. The third-order valence-electron chi connectivity index (χ3n) is 5.62. The van der Waals surface area contributed by atoms with Gasteiger partial charge in [0.2, 0.25) is 0 Å². The molecule has 0 unspecified atom stereocenters. The average Bonchev–Trinajstić information content (AvgIpc) is 2.63. The molecule has 128 valence electrons. The van der Waals surface area contributed by atoms with E-state index in [0.717, 1.165) is 36.6 Å². The lowest BCUT2D eigenvalue weighted by molar-refractivity contribution is 0.380. The Morgan fingerprint density at radius 1 is 0.920 bits per heavy atom. The lowest BCUT2D eigenvalue weighted by Gasteiger charge is -2.35. The largest absolute Gasteiger partial charge is 0.207 e. The lowest BCUT2D eigenvalue weighted by atomic mass is 9.69. The van der Waals surface area contributed by atoms with Crippen LogP contribution in [0.15, 0.2) is 54.6 Å². The van der Waals surface area contributed by atoms with E-state index in [1.165, 1.54) is 17.2 Å². The SMILES string of the molecule is CCC[C@@H]1CCc2c(ccc3c(F)cccc23)[C@H]1c1ccc(F)cc1. The van der Waals surface area contributed by atoms with Crippen LogP contribution in [0.1, 0.15) is 48.8 Å². The second-order valence-electron chi connectivity index (χ2n) is 7.08. The quantitative estimate of drug-likeness (QED) is 0.504. The van der Waals surface area contributed by atoms with Crippen molar-refractivity contribution in [2.24, 2.45) is 5.92 Å². The number of rotatable bonds is 3. The molecule has 0 N–H and O–H groups in total. The van der Waals surface area contributed by atoms with Crippen molar-refractivity contribution in [1.29, 1.82) is 0 Å². The van der Waals surface area contributed by atoms with Gasteiger partial charge >= 0.3 is 0 Å². The Hall–Kier alpha value is -2.22. The zero-order valence-corrected chi connectivity index (χ0v) is 14.4. The minimum absolute atomic E-state index is 0.158. The first-order valence-corrected chi connectivity index (χ1v) is 9.14. The first-order chi connectivity index (χ1) is 12.2. The smallest absolute Gasteiger partial charge is 0.131 e. The Kier molecular flexibility index (Phi) is 4.29. The van der Waals surface area contributed by atoms with Gasteiger partial charge in [0, 0.05) is 11.3 Å². The van der Waals surface area contributed by atoms with Crippen LogP contribution in [0.25, 0.3) is 10.8 Å². The third-order valence-corrected chi connectivity index (χ3v) is 5.62. The van der Waals surface area contributed by atoms with Crippen LogP contribution in [-0.2, 0) is 6.42 Å². The van der Waals surface area contributed by atoms with Gasteiger partial charge < -0.3 is 0 Å². The van der Waals surface area contributed by atoms with E-state index in [-0.39, 0.29) is 17.6 Å². The Bertz CT molecular complexity index is 896. The molecule has 1 aliphatic carbocycles. The summed E-state index contributed by atoms with van der Waals surface area (Å²) >= 11 is 0. The van der Waals surface area contributed by atoms with Crippen LogP contribution < -0.4 is 0 Å². The first-order valence-electron chi connectivity index (χ1n) is 9.14. The summed E-state index contributed by atoms with van der Waals surface area (Å²) in [6.07, 6.45) is 4.37. The maximum Gasteiger partial charge on any atom is 0.131 e. The third kappa shape index (κ3) is 2.84. The highest BCUT2D eigenvalue weighted by Gasteiger charge is 2.31. The highest BCUT2D eigenvalue weighted by Crippen LogP contribution is 2.45. The summed E-state index contributed by atoms with van der Waals surface area (Å²) in [4.78, 5) is 0. The summed E-state index contributed by atoms with van der Waals surface area (Å²) in [5.41, 5.74) is 3.71. The van der Waals surface area contributed by atoms with E-state index in [4.69, 9.17) is 0 Å². The van der Waals surface area contributed by atoms with Crippen LogP contribution in [0.2, 0.25) is 0 Å². The van der Waals surface area contributed by atoms with E-state index in [1.807, 2.05) is 24.3 Å². The van der Waals surface area contributed by atoms with Gasteiger partial charge in [-0.15, -0.1) is 0 Å². The van der Waals surface area contributed by atoms with Crippen molar-refractivity contribution in [3.63, 3.8) is 0 Å². The van der Waals surface area contributed by atoms with Crippen LogP contribution in [0.3, 0.4) is 0 Å². The maximum absolute atomic E-state index is 14.2. The van der Waals surface area contributed by atoms with Gasteiger partial charge in [-0.3, -0.25) is 0 Å². The lowest BCUT2D eigenvalue weighted by Crippen LogP contribution is -2.22. The molecule has 3 aromatic rings. The van der Waals surface area contributed by atoms with Crippen molar-refractivity contribution in [2.45, 2.75) is 38.5 Å². The molecule has 0 aliphatic heterocycles. The van der Waals surface area contributed by atoms with Gasteiger partial charge in [0.1, 0.15) is 11.6 Å². The molecule has 1 aliphatic rings. The molecule has 0 heterocycles. The van der Waals surface area contributed by atoms with Crippen LogP contribution in [0.5, 0.6) is 0 Å². The second kappa shape index (κ2) is 6.59. The summed E-state index contributed by atoms with van der Waals surface area (Å²) in [5, 5.41) is 1.73. The molecule has 0 aromatic heterocycles. The minimum atomic E-state index is -0.201. The second-order valence-corrected chi connectivity index (χ2v) is 7.08. The van der Waals surface area contributed by atoms with Gasteiger partial charge in [-0.2, -0.15) is 0 Å². The molecule has 0 bridgehead atoms. The molecule has 25 heavy (non-hydrogen) atoms. The molecule has 0 amide bonds. The number of benzene rings is 3. The summed E-state index contributed by atoms with van der Waals surface area (Å²) < 4.78 is 27.6. The molecule has 0 nitrogen and oxygen atoms in total. The zero-order valence-electron chi connectivity index (χ0n) is 14.4. The fraction of sp³-hybridized carbons (Fsp3) is 0.304. The van der Waals surface area contributed by atoms with E-state index in [0.29, 0.717) is 11.3 Å². The van der Waals surface area contributed by atoms with Crippen LogP contribution >= 0.6 is 0 Å². The van der Waals surface area contributed by atoms with Crippen molar-refractivity contribution in [3.8, 4) is 0 Å². The van der Waals surface area contributed by atoms with Crippen molar-refractivity contribution in [3.05, 3.63) is 82.9 Å². The van der Waals surface area contributed by atoms with Gasteiger partial charge in [0.05, 0.1) is 0 Å². The Morgan fingerprint density at radius 2 is 1.72 bits per heavy atom. The van der Waals surface area contributed by atoms with E-state index < -0.39 is 0 Å². The molecule has 2 atom stereocenters. The Balaban J connectivity index is 1.90. The Morgan fingerprint density at radius 3 is 2.48 bits per heavy atom. The molecule has 2 heteroatoms. The summed E-state index contributed by atoms with van der Waals surface area (Å²) in [7, 11) is 0. The van der Waals surface area contributed by atoms with Crippen molar-refractivity contribution in [1.82, 2.24) is 0 Å². The monoisotopic (exact) mass is 336 g/mol. The predicted octanol–water partition coefficient (Wildman–Crippen LogP) is 6.61. The van der Waals surface area contributed by atoms with E-state index >= 15 is 0 Å². The normalized spacial score (nSPS) is 19.8. The van der Waals surface area contributed by atoms with Crippen LogP contribution in [0.4, 0.5) is 8.78 Å². The van der Waals surface area contributed by atoms with Gasteiger partial charge in [0.15, 0.2) is 0 Å². The predicted molar refractivity (Wildman–Crippen MR) is 98.9 cm³/mol. The molecule has 0 spiro atoms. The molecule has 0 radical (unpaired) electrons. The number of hydrogen-bond acceptors (Lipinski definition) is 0. The maximum atomic E-state index is 14.2. The Labute approximate surface area is 147 Å². The zero-order chi connectivity index (χ0) is 17.4. The number of halogens is 2.